The summed E-state index contributed by atoms with van der Waals surface area (Å²) in [5.74, 6) is 0.819. The highest BCUT2D eigenvalue weighted by atomic mass is 16.5. The molecular formula is C26H39N3O5. The van der Waals surface area contributed by atoms with Gasteiger partial charge in [0, 0.05) is 57.8 Å². The molecule has 8 heteroatoms. The number of benzene rings is 1. The second kappa shape index (κ2) is 11.7. The summed E-state index contributed by atoms with van der Waals surface area (Å²) in [5.41, 5.74) is 1.000. The van der Waals surface area contributed by atoms with E-state index in [1.165, 1.54) is 0 Å². The Morgan fingerprint density at radius 3 is 2.59 bits per heavy atom. The minimum Gasteiger partial charge on any atom is -0.491 e. The number of carbonyl (C=O) groups excluding carboxylic acids is 3. The second-order valence-corrected chi connectivity index (χ2v) is 9.80. The van der Waals surface area contributed by atoms with E-state index in [9.17, 15) is 14.4 Å². The molecule has 188 valence electrons. The van der Waals surface area contributed by atoms with E-state index in [1.54, 1.807) is 37.3 Å². The van der Waals surface area contributed by atoms with Crippen LogP contribution in [0.4, 0.5) is 5.69 Å². The molecule has 2 aliphatic rings. The lowest BCUT2D eigenvalue weighted by molar-refractivity contribution is -0.135. The summed E-state index contributed by atoms with van der Waals surface area (Å²) < 4.78 is 11.9. The second-order valence-electron chi connectivity index (χ2n) is 9.80. The van der Waals surface area contributed by atoms with Crippen molar-refractivity contribution in [2.75, 3.05) is 39.2 Å². The Morgan fingerprint density at radius 1 is 1.21 bits per heavy atom. The maximum atomic E-state index is 13.3. The van der Waals surface area contributed by atoms with Gasteiger partial charge in [0.05, 0.1) is 17.7 Å². The Hall–Kier alpha value is -2.61. The third-order valence-electron chi connectivity index (χ3n) is 6.69. The molecule has 0 radical (unpaired) electrons. The molecule has 1 saturated carbocycles. The van der Waals surface area contributed by atoms with E-state index >= 15 is 0 Å². The van der Waals surface area contributed by atoms with E-state index < -0.39 is 0 Å². The fraction of sp³-hybridized carbons (Fsp3) is 0.654. The lowest BCUT2D eigenvalue weighted by Gasteiger charge is -2.36. The van der Waals surface area contributed by atoms with E-state index in [1.807, 2.05) is 18.7 Å². The van der Waals surface area contributed by atoms with Crippen LogP contribution in [0, 0.1) is 11.8 Å². The smallest absolute Gasteiger partial charge is 0.257 e. The van der Waals surface area contributed by atoms with Gasteiger partial charge >= 0.3 is 0 Å². The average molecular weight is 474 g/mol. The van der Waals surface area contributed by atoms with E-state index in [-0.39, 0.29) is 42.4 Å². The Kier molecular flexibility index (Phi) is 8.94. The number of methoxy groups -OCH3 is 1. The van der Waals surface area contributed by atoms with Crippen LogP contribution < -0.4 is 10.1 Å². The topological polar surface area (TPSA) is 88.2 Å². The average Bonchev–Trinajstić information content (AvgIpc) is 3.62. The van der Waals surface area contributed by atoms with E-state index in [2.05, 4.69) is 12.2 Å². The Balaban J connectivity index is 1.91. The van der Waals surface area contributed by atoms with Gasteiger partial charge in [0.15, 0.2) is 0 Å². The van der Waals surface area contributed by atoms with Crippen LogP contribution in [0.1, 0.15) is 63.2 Å². The largest absolute Gasteiger partial charge is 0.491 e. The number of anilines is 1. The van der Waals surface area contributed by atoms with Gasteiger partial charge in [0.1, 0.15) is 12.4 Å². The zero-order valence-corrected chi connectivity index (χ0v) is 21.1. The zero-order valence-electron chi connectivity index (χ0n) is 21.1. The van der Waals surface area contributed by atoms with E-state index in [0.29, 0.717) is 48.8 Å². The van der Waals surface area contributed by atoms with E-state index in [4.69, 9.17) is 9.47 Å². The summed E-state index contributed by atoms with van der Waals surface area (Å²) in [7, 11) is 3.39. The highest BCUT2D eigenvalue weighted by Gasteiger charge is 2.33. The fourth-order valence-corrected chi connectivity index (χ4v) is 4.33. The van der Waals surface area contributed by atoms with Crippen molar-refractivity contribution in [3.05, 3.63) is 23.8 Å². The lowest BCUT2D eigenvalue weighted by atomic mass is 10.0. The van der Waals surface area contributed by atoms with Gasteiger partial charge in [-0.2, -0.15) is 0 Å². The van der Waals surface area contributed by atoms with Gasteiger partial charge < -0.3 is 24.6 Å². The number of hydrogen-bond donors (Lipinski definition) is 1. The van der Waals surface area contributed by atoms with Gasteiger partial charge in [-0.3, -0.25) is 14.4 Å². The highest BCUT2D eigenvalue weighted by Crippen LogP contribution is 2.33. The number of ether oxygens (including phenoxy) is 2. The van der Waals surface area contributed by atoms with Gasteiger partial charge in [-0.25, -0.2) is 0 Å². The predicted octanol–water partition coefficient (Wildman–Crippen LogP) is 3.56. The van der Waals surface area contributed by atoms with Crippen LogP contribution in [0.15, 0.2) is 18.2 Å². The third kappa shape index (κ3) is 6.72. The number of carbonyl (C=O) groups is 3. The Labute approximate surface area is 202 Å². The molecule has 1 heterocycles. The number of amides is 3. The molecule has 0 unspecified atom stereocenters. The molecule has 8 nitrogen and oxygen atoms in total. The molecule has 1 aromatic carbocycles. The van der Waals surface area contributed by atoms with Crippen molar-refractivity contribution in [2.45, 2.75) is 65.0 Å². The SMILES string of the molecule is CCCC(=O)Nc1ccc2c(c1)OC[C@@H](C)N(C(=O)CC1CC1)C[C@@H](C)[C@H](OC)CN(C)C2=O. The number of nitrogens with one attached hydrogen (secondary N) is 1. The Bertz CT molecular complexity index is 885. The van der Waals surface area contributed by atoms with Gasteiger partial charge in [0.2, 0.25) is 11.8 Å². The van der Waals surface area contributed by atoms with Crippen LogP contribution in [-0.2, 0) is 14.3 Å². The molecule has 34 heavy (non-hydrogen) atoms. The molecule has 0 bridgehead atoms. The van der Waals surface area contributed by atoms with Crippen LogP contribution in [0.5, 0.6) is 5.75 Å². The minimum atomic E-state index is -0.214. The standard InChI is InChI=1S/C26H39N3O5/c1-6-7-24(30)27-20-10-11-21-22(13-20)34-16-18(3)29(25(31)12-19-8-9-19)14-17(2)23(33-5)15-28(4)26(21)32/h10-11,13,17-19,23H,6-9,12,14-16H2,1-5H3,(H,27,30)/t17-,18-,23-/m1/s1. The summed E-state index contributed by atoms with van der Waals surface area (Å²) in [6, 6.07) is 4.93. The first-order chi connectivity index (χ1) is 16.2. The van der Waals surface area contributed by atoms with Gasteiger partial charge in [0.25, 0.3) is 5.91 Å². The third-order valence-corrected chi connectivity index (χ3v) is 6.69. The van der Waals surface area contributed by atoms with Gasteiger partial charge in [-0.05, 0) is 44.2 Å². The van der Waals surface area contributed by atoms with E-state index in [0.717, 1.165) is 19.3 Å². The number of nitrogens with zero attached hydrogens (tertiary/aromatic N) is 2. The molecule has 3 rings (SSSR count). The van der Waals surface area contributed by atoms with Crippen LogP contribution in [0.2, 0.25) is 0 Å². The number of likely N-dealkylation sites (N-methyl/N-ethyl adjacent to an activating group) is 1. The van der Waals surface area contributed by atoms with Crippen molar-refractivity contribution < 1.29 is 23.9 Å². The molecule has 0 saturated heterocycles. The maximum absolute atomic E-state index is 13.3. The molecular weight excluding hydrogens is 434 g/mol. The van der Waals surface area contributed by atoms with Crippen molar-refractivity contribution in [3.8, 4) is 5.75 Å². The minimum absolute atomic E-state index is 0.0425. The summed E-state index contributed by atoms with van der Waals surface area (Å²) in [5, 5.41) is 2.87. The van der Waals surface area contributed by atoms with Crippen LogP contribution in [0.3, 0.4) is 0 Å². The van der Waals surface area contributed by atoms with Crippen molar-refractivity contribution in [1.82, 2.24) is 9.80 Å². The molecule has 0 aromatic heterocycles. The summed E-state index contributed by atoms with van der Waals surface area (Å²) >= 11 is 0. The molecule has 1 aliphatic heterocycles. The predicted molar refractivity (Wildman–Crippen MR) is 131 cm³/mol. The maximum Gasteiger partial charge on any atom is 0.257 e. The van der Waals surface area contributed by atoms with Gasteiger partial charge in [-0.15, -0.1) is 0 Å². The van der Waals surface area contributed by atoms with Crippen LogP contribution in [0.25, 0.3) is 0 Å². The zero-order chi connectivity index (χ0) is 24.8. The monoisotopic (exact) mass is 473 g/mol. The first-order valence-corrected chi connectivity index (χ1v) is 12.4. The highest BCUT2D eigenvalue weighted by molar-refractivity contribution is 5.98. The summed E-state index contributed by atoms with van der Waals surface area (Å²) in [6.45, 7) is 7.16. The quantitative estimate of drug-likeness (QED) is 0.683. The molecule has 1 aliphatic carbocycles. The number of hydrogen-bond acceptors (Lipinski definition) is 5. The lowest BCUT2D eigenvalue weighted by Crippen LogP contribution is -2.48. The number of fused-ring (bicyclic) bond motifs is 1. The van der Waals surface area contributed by atoms with Crippen molar-refractivity contribution >= 4 is 23.4 Å². The molecule has 1 aromatic rings. The molecule has 3 atom stereocenters. The van der Waals surface area contributed by atoms with Crippen molar-refractivity contribution in [1.29, 1.82) is 0 Å². The first kappa shape index (κ1) is 26.0. The molecule has 0 spiro atoms. The number of rotatable bonds is 6. The summed E-state index contributed by atoms with van der Waals surface area (Å²) in [6.07, 6.45) is 3.76. The van der Waals surface area contributed by atoms with Crippen LogP contribution in [-0.4, -0.2) is 73.5 Å². The molecule has 1 fully saturated rings. The van der Waals surface area contributed by atoms with Crippen molar-refractivity contribution in [2.24, 2.45) is 11.8 Å². The normalized spacial score (nSPS) is 23.9. The molecule has 3 amide bonds. The van der Waals surface area contributed by atoms with Crippen LogP contribution >= 0.6 is 0 Å². The van der Waals surface area contributed by atoms with Crippen molar-refractivity contribution in [3.63, 3.8) is 0 Å². The van der Waals surface area contributed by atoms with Gasteiger partial charge in [-0.1, -0.05) is 13.8 Å². The fourth-order valence-electron chi connectivity index (χ4n) is 4.33. The Morgan fingerprint density at radius 2 is 1.94 bits per heavy atom. The summed E-state index contributed by atoms with van der Waals surface area (Å²) in [4.78, 5) is 42.0. The molecule has 1 N–H and O–H groups in total. The first-order valence-electron chi connectivity index (χ1n) is 12.4.